The third-order valence-electron chi connectivity index (χ3n) is 6.00. The van der Waals surface area contributed by atoms with Crippen LogP contribution in [-0.2, 0) is 18.9 Å². The quantitative estimate of drug-likeness (QED) is 0.561. The Hall–Kier alpha value is -2.39. The van der Waals surface area contributed by atoms with E-state index in [-0.39, 0.29) is 18.6 Å². The van der Waals surface area contributed by atoms with E-state index >= 15 is 0 Å². The predicted molar refractivity (Wildman–Crippen MR) is 113 cm³/mol. The molecule has 2 aliphatic carbocycles. The first kappa shape index (κ1) is 19.9. The van der Waals surface area contributed by atoms with Crippen molar-refractivity contribution in [1.82, 2.24) is 5.32 Å². The number of hydrogen-bond donors (Lipinski definition) is 1. The first-order chi connectivity index (χ1) is 14.1. The molecule has 0 unspecified atom stereocenters. The third kappa shape index (κ3) is 3.76. The van der Waals surface area contributed by atoms with E-state index in [9.17, 15) is 14.2 Å². The van der Waals surface area contributed by atoms with Gasteiger partial charge in [0.2, 0.25) is 0 Å². The van der Waals surface area contributed by atoms with Crippen LogP contribution in [0.3, 0.4) is 0 Å². The molecule has 1 amide bonds. The number of carbonyl (C=O) groups is 2. The average molecular weight is 411 g/mol. The van der Waals surface area contributed by atoms with Crippen LogP contribution in [0, 0.1) is 0 Å². The van der Waals surface area contributed by atoms with Crippen molar-refractivity contribution in [2.75, 3.05) is 6.61 Å². The smallest absolute Gasteiger partial charge is 0.320 e. The van der Waals surface area contributed by atoms with E-state index in [0.717, 1.165) is 25.7 Å². The maximum absolute atomic E-state index is 14.5. The van der Waals surface area contributed by atoms with Gasteiger partial charge in [-0.1, -0.05) is 73.5 Å². The Morgan fingerprint density at radius 2 is 1.45 bits per heavy atom. The van der Waals surface area contributed by atoms with Crippen molar-refractivity contribution < 1.29 is 18.9 Å². The van der Waals surface area contributed by atoms with Crippen molar-refractivity contribution in [2.24, 2.45) is 0 Å². The lowest BCUT2D eigenvalue weighted by Gasteiger charge is -2.27. The van der Waals surface area contributed by atoms with Crippen molar-refractivity contribution in [3.63, 3.8) is 0 Å². The summed E-state index contributed by atoms with van der Waals surface area (Å²) in [6.45, 7) is -0.319. The molecular formula is C23H26NO4P. The number of amides is 1. The van der Waals surface area contributed by atoms with Gasteiger partial charge < -0.3 is 14.6 Å². The predicted octanol–water partition coefficient (Wildman–Crippen LogP) is 3.14. The molecule has 0 aliphatic heterocycles. The van der Waals surface area contributed by atoms with E-state index in [1.165, 1.54) is 0 Å². The van der Waals surface area contributed by atoms with Gasteiger partial charge in [-0.05, 0) is 25.7 Å². The fourth-order valence-electron chi connectivity index (χ4n) is 4.29. The second-order valence-electron chi connectivity index (χ2n) is 7.94. The van der Waals surface area contributed by atoms with Crippen LogP contribution < -0.4 is 15.9 Å². The molecule has 0 atom stereocenters. The lowest BCUT2D eigenvalue weighted by Crippen LogP contribution is -2.39. The molecule has 4 rings (SSSR count). The molecule has 0 radical (unpaired) electrons. The molecule has 0 heterocycles. The standard InChI is InChI=1S/C23H26NO4P/c25-21(24-18-9-7-8-10-18)17-28-22(26)23(15-16-23)29(27,19-11-3-1-4-12-19)20-13-5-2-6-14-20/h1-6,11-14,18H,7-10,15-17H2,(H,24,25). The summed E-state index contributed by atoms with van der Waals surface area (Å²) in [6, 6.07) is 18.5. The van der Waals surface area contributed by atoms with E-state index < -0.39 is 18.3 Å². The molecule has 2 aliphatic rings. The Bertz CT molecular complexity index is 875. The summed E-state index contributed by atoms with van der Waals surface area (Å²) in [5.41, 5.74) is 0. The van der Waals surface area contributed by atoms with E-state index in [2.05, 4.69) is 5.32 Å². The number of rotatable bonds is 7. The van der Waals surface area contributed by atoms with Crippen LogP contribution in [0.1, 0.15) is 38.5 Å². The van der Waals surface area contributed by atoms with Crippen LogP contribution in [0.25, 0.3) is 0 Å². The Labute approximate surface area is 171 Å². The average Bonchev–Trinajstić information content (AvgIpc) is 3.44. The lowest BCUT2D eigenvalue weighted by atomic mass is 10.2. The molecule has 1 N–H and O–H groups in total. The van der Waals surface area contributed by atoms with Crippen LogP contribution in [0.5, 0.6) is 0 Å². The summed E-state index contributed by atoms with van der Waals surface area (Å²) in [7, 11) is -3.27. The van der Waals surface area contributed by atoms with E-state index in [1.54, 1.807) is 0 Å². The molecule has 6 heteroatoms. The van der Waals surface area contributed by atoms with Gasteiger partial charge in [0.15, 0.2) is 13.7 Å². The van der Waals surface area contributed by atoms with Crippen molar-refractivity contribution in [2.45, 2.75) is 49.7 Å². The minimum Gasteiger partial charge on any atom is -0.455 e. The summed E-state index contributed by atoms with van der Waals surface area (Å²) in [5, 5.41) is 3.14. The molecule has 2 saturated carbocycles. The van der Waals surface area contributed by atoms with E-state index in [4.69, 9.17) is 4.74 Å². The first-order valence-corrected chi connectivity index (χ1v) is 11.9. The zero-order valence-electron chi connectivity index (χ0n) is 16.4. The maximum atomic E-state index is 14.5. The molecule has 0 aromatic heterocycles. The van der Waals surface area contributed by atoms with Crippen molar-refractivity contribution in [1.29, 1.82) is 0 Å². The Balaban J connectivity index is 1.55. The lowest BCUT2D eigenvalue weighted by molar-refractivity contribution is -0.149. The first-order valence-electron chi connectivity index (χ1n) is 10.2. The van der Waals surface area contributed by atoms with E-state index in [0.29, 0.717) is 23.5 Å². The minimum absolute atomic E-state index is 0.177. The molecular weight excluding hydrogens is 385 g/mol. The molecule has 152 valence electrons. The molecule has 2 fully saturated rings. The number of carbonyl (C=O) groups excluding carboxylic acids is 2. The zero-order valence-corrected chi connectivity index (χ0v) is 17.3. The van der Waals surface area contributed by atoms with Crippen molar-refractivity contribution >= 4 is 29.6 Å². The Morgan fingerprint density at radius 1 is 0.931 bits per heavy atom. The fraction of sp³-hybridized carbons (Fsp3) is 0.391. The highest BCUT2D eigenvalue weighted by atomic mass is 31.2. The van der Waals surface area contributed by atoms with Crippen LogP contribution in [0.2, 0.25) is 0 Å². The number of esters is 1. The number of hydrogen-bond acceptors (Lipinski definition) is 4. The minimum atomic E-state index is -3.27. The van der Waals surface area contributed by atoms with Gasteiger partial charge in [0.25, 0.3) is 5.91 Å². The van der Waals surface area contributed by atoms with E-state index in [1.807, 2.05) is 60.7 Å². The summed E-state index contributed by atoms with van der Waals surface area (Å²) in [6.07, 6.45) is 5.17. The van der Waals surface area contributed by atoms with Gasteiger partial charge in [-0.25, -0.2) is 0 Å². The molecule has 0 spiro atoms. The SMILES string of the molecule is O=C(COC(=O)C1(P(=O)(c2ccccc2)c2ccccc2)CC1)NC1CCCC1. The largest absolute Gasteiger partial charge is 0.455 e. The number of benzene rings is 2. The maximum Gasteiger partial charge on any atom is 0.320 e. The van der Waals surface area contributed by atoms with Gasteiger partial charge >= 0.3 is 5.97 Å². The zero-order chi connectivity index (χ0) is 20.3. The van der Waals surface area contributed by atoms with Crippen LogP contribution >= 0.6 is 7.14 Å². The van der Waals surface area contributed by atoms with Crippen molar-refractivity contribution in [3.8, 4) is 0 Å². The molecule has 0 saturated heterocycles. The summed E-state index contributed by atoms with van der Waals surface area (Å²) < 4.78 is 19.9. The highest BCUT2D eigenvalue weighted by molar-refractivity contribution is 7.81. The fourth-order valence-corrected chi connectivity index (χ4v) is 7.82. The molecule has 2 aromatic rings. The molecule has 5 nitrogen and oxygen atoms in total. The highest BCUT2D eigenvalue weighted by Crippen LogP contribution is 2.68. The number of ether oxygens (including phenoxy) is 1. The van der Waals surface area contributed by atoms with Crippen LogP contribution in [-0.4, -0.2) is 29.7 Å². The van der Waals surface area contributed by atoms with Gasteiger partial charge in [-0.2, -0.15) is 0 Å². The van der Waals surface area contributed by atoms with Crippen LogP contribution in [0.4, 0.5) is 0 Å². The summed E-state index contributed by atoms with van der Waals surface area (Å²) in [4.78, 5) is 25.3. The normalized spacial score (nSPS) is 18.2. The van der Waals surface area contributed by atoms with Gasteiger partial charge in [-0.15, -0.1) is 0 Å². The molecule has 29 heavy (non-hydrogen) atoms. The van der Waals surface area contributed by atoms with Gasteiger partial charge in [0, 0.05) is 16.7 Å². The summed E-state index contributed by atoms with van der Waals surface area (Å²) >= 11 is 0. The van der Waals surface area contributed by atoms with Crippen LogP contribution in [0.15, 0.2) is 60.7 Å². The highest BCUT2D eigenvalue weighted by Gasteiger charge is 2.65. The number of nitrogens with one attached hydrogen (secondary N) is 1. The topological polar surface area (TPSA) is 72.5 Å². The van der Waals surface area contributed by atoms with Gasteiger partial charge in [0.1, 0.15) is 5.16 Å². The Kier molecular flexibility index (Phi) is 5.60. The monoisotopic (exact) mass is 411 g/mol. The third-order valence-corrected chi connectivity index (χ3v) is 9.89. The Morgan fingerprint density at radius 3 is 1.93 bits per heavy atom. The van der Waals surface area contributed by atoms with Crippen molar-refractivity contribution in [3.05, 3.63) is 60.7 Å². The second-order valence-corrected chi connectivity index (χ2v) is 11.0. The van der Waals surface area contributed by atoms with Gasteiger partial charge in [0.05, 0.1) is 0 Å². The molecule has 2 aromatic carbocycles. The van der Waals surface area contributed by atoms with Gasteiger partial charge in [-0.3, -0.25) is 9.59 Å². The summed E-state index contributed by atoms with van der Waals surface area (Å²) in [5.74, 6) is -0.814. The second kappa shape index (κ2) is 8.16. The molecule has 0 bridgehead atoms.